The summed E-state index contributed by atoms with van der Waals surface area (Å²) in [7, 11) is 0. The summed E-state index contributed by atoms with van der Waals surface area (Å²) in [4.78, 5) is 20.3. The lowest BCUT2D eigenvalue weighted by Gasteiger charge is -2.07. The normalized spacial score (nSPS) is 10.8. The number of carbonyl (C=O) groups excluding carboxylic acids is 1. The lowest BCUT2D eigenvalue weighted by molar-refractivity contribution is 0.0735. The molecule has 0 aliphatic rings. The average molecular weight is 351 g/mol. The second-order valence-corrected chi connectivity index (χ2v) is 5.66. The van der Waals surface area contributed by atoms with Crippen LogP contribution in [0.2, 0.25) is 5.02 Å². The van der Waals surface area contributed by atoms with E-state index in [-0.39, 0.29) is 0 Å². The predicted octanol–water partition coefficient (Wildman–Crippen LogP) is 3.66. The second-order valence-electron chi connectivity index (χ2n) is 5.22. The highest BCUT2D eigenvalue weighted by atomic mass is 35.5. The first-order valence-electron chi connectivity index (χ1n) is 7.44. The number of halogens is 1. The van der Waals surface area contributed by atoms with Gasteiger partial charge in [-0.3, -0.25) is 0 Å². The van der Waals surface area contributed by atoms with E-state index in [1.807, 2.05) is 18.2 Å². The molecule has 122 valence electrons. The molecule has 2 aromatic carbocycles. The number of nitrogens with zero attached hydrogens (tertiary/aromatic N) is 4. The molecule has 25 heavy (non-hydrogen) atoms. The Hall–Kier alpha value is -3.25. The van der Waals surface area contributed by atoms with Gasteiger partial charge in [-0.15, -0.1) is 0 Å². The number of carbonyl (C=O) groups is 1. The number of rotatable bonds is 3. The summed E-state index contributed by atoms with van der Waals surface area (Å²) in [6, 6.07) is 15.5. The first kappa shape index (κ1) is 15.3. The molecule has 0 spiro atoms. The summed E-state index contributed by atoms with van der Waals surface area (Å²) in [5.41, 5.74) is 2.19. The minimum Gasteiger partial charge on any atom is -0.423 e. The number of aromatic nitrogens is 4. The van der Waals surface area contributed by atoms with Crippen LogP contribution in [0, 0.1) is 0 Å². The van der Waals surface area contributed by atoms with Gasteiger partial charge in [0.1, 0.15) is 12.1 Å². The van der Waals surface area contributed by atoms with Crippen molar-refractivity contribution < 1.29 is 9.53 Å². The van der Waals surface area contributed by atoms with Gasteiger partial charge in [-0.25, -0.2) is 9.78 Å². The largest absolute Gasteiger partial charge is 0.423 e. The van der Waals surface area contributed by atoms with Crippen LogP contribution < -0.4 is 4.74 Å². The van der Waals surface area contributed by atoms with Gasteiger partial charge in [0, 0.05) is 16.8 Å². The number of hydrogen-bond acceptors (Lipinski definition) is 5. The molecule has 0 saturated carbocycles. The molecule has 0 aliphatic carbocycles. The number of hydrogen-bond donors (Lipinski definition) is 0. The van der Waals surface area contributed by atoms with Crippen LogP contribution in [0.5, 0.6) is 5.75 Å². The Bertz CT molecular complexity index is 1040. The van der Waals surface area contributed by atoms with Crippen LogP contribution in [0.25, 0.3) is 17.0 Å². The fourth-order valence-electron chi connectivity index (χ4n) is 2.40. The maximum atomic E-state index is 12.1. The summed E-state index contributed by atoms with van der Waals surface area (Å²) in [6.45, 7) is 0. The maximum Gasteiger partial charge on any atom is 0.343 e. The Morgan fingerprint density at radius 2 is 1.72 bits per heavy atom. The van der Waals surface area contributed by atoms with E-state index in [1.54, 1.807) is 47.1 Å². The fraction of sp³-hybridized carbons (Fsp3) is 0. The van der Waals surface area contributed by atoms with Crippen molar-refractivity contribution in [2.75, 3.05) is 0 Å². The van der Waals surface area contributed by atoms with Gasteiger partial charge in [0.2, 0.25) is 0 Å². The molecule has 0 aliphatic heterocycles. The molecule has 4 aromatic rings. The summed E-state index contributed by atoms with van der Waals surface area (Å²) in [5, 5.41) is 4.73. The quantitative estimate of drug-likeness (QED) is 0.416. The first-order valence-corrected chi connectivity index (χ1v) is 7.81. The third-order valence-corrected chi connectivity index (χ3v) is 3.87. The molecule has 7 heteroatoms. The number of fused-ring (bicyclic) bond motifs is 1. The van der Waals surface area contributed by atoms with E-state index in [4.69, 9.17) is 16.3 Å². The Morgan fingerprint density at radius 1 is 0.960 bits per heavy atom. The van der Waals surface area contributed by atoms with E-state index in [2.05, 4.69) is 15.1 Å². The number of benzene rings is 2. The molecule has 0 unspecified atom stereocenters. The third kappa shape index (κ3) is 3.07. The zero-order valence-electron chi connectivity index (χ0n) is 12.8. The molecule has 2 heterocycles. The summed E-state index contributed by atoms with van der Waals surface area (Å²) < 4.78 is 7.02. The van der Waals surface area contributed by atoms with Crippen LogP contribution in [-0.4, -0.2) is 25.6 Å². The minimum atomic E-state index is -0.438. The van der Waals surface area contributed by atoms with Crippen LogP contribution in [0.1, 0.15) is 10.4 Å². The second kappa shape index (κ2) is 6.33. The predicted molar refractivity (Wildman–Crippen MR) is 92.6 cm³/mol. The van der Waals surface area contributed by atoms with Crippen LogP contribution in [-0.2, 0) is 0 Å². The van der Waals surface area contributed by atoms with Crippen molar-refractivity contribution in [3.63, 3.8) is 0 Å². The molecule has 6 nitrogen and oxygen atoms in total. The minimum absolute atomic E-state index is 0.437. The maximum absolute atomic E-state index is 12.1. The lowest BCUT2D eigenvalue weighted by Crippen LogP contribution is -2.08. The van der Waals surface area contributed by atoms with Gasteiger partial charge in [0.25, 0.3) is 5.78 Å². The van der Waals surface area contributed by atoms with Crippen molar-refractivity contribution in [1.82, 2.24) is 19.6 Å². The van der Waals surface area contributed by atoms with E-state index < -0.39 is 5.97 Å². The summed E-state index contributed by atoms with van der Waals surface area (Å²) in [6.07, 6.45) is 3.13. The Morgan fingerprint density at radius 3 is 2.48 bits per heavy atom. The highest BCUT2D eigenvalue weighted by molar-refractivity contribution is 6.30. The van der Waals surface area contributed by atoms with Gasteiger partial charge >= 0.3 is 5.97 Å². The molecule has 0 bridgehead atoms. The van der Waals surface area contributed by atoms with Crippen molar-refractivity contribution in [2.45, 2.75) is 0 Å². The van der Waals surface area contributed by atoms with Gasteiger partial charge in [-0.2, -0.15) is 14.6 Å². The van der Waals surface area contributed by atoms with Crippen molar-refractivity contribution in [3.8, 4) is 17.0 Å². The van der Waals surface area contributed by atoms with E-state index in [1.165, 1.54) is 6.33 Å². The van der Waals surface area contributed by atoms with Crippen molar-refractivity contribution in [3.05, 3.63) is 77.7 Å². The molecule has 0 fully saturated rings. The molecule has 4 rings (SSSR count). The monoisotopic (exact) mass is 350 g/mol. The Labute approximate surface area is 147 Å². The molecule has 0 radical (unpaired) electrons. The molecule has 0 amide bonds. The molecule has 2 aromatic heterocycles. The van der Waals surface area contributed by atoms with E-state index in [9.17, 15) is 4.79 Å². The highest BCUT2D eigenvalue weighted by Crippen LogP contribution is 2.22. The van der Waals surface area contributed by atoms with Gasteiger partial charge in [0.05, 0.1) is 11.3 Å². The highest BCUT2D eigenvalue weighted by Gasteiger charge is 2.10. The summed E-state index contributed by atoms with van der Waals surface area (Å²) in [5.74, 6) is 0.537. The first-order chi connectivity index (χ1) is 12.2. The zero-order chi connectivity index (χ0) is 17.2. The van der Waals surface area contributed by atoms with Crippen LogP contribution in [0.4, 0.5) is 0 Å². The lowest BCUT2D eigenvalue weighted by atomic mass is 10.1. The standard InChI is InChI=1S/C18H11ClN4O2/c19-14-5-1-13(2-6-14)17(24)25-15-7-3-12(4-8-15)16-9-10-20-18-21-11-22-23(16)18/h1-11H. The Kier molecular flexibility index (Phi) is 3.87. The van der Waals surface area contributed by atoms with Gasteiger partial charge in [0.15, 0.2) is 0 Å². The Balaban J connectivity index is 1.57. The van der Waals surface area contributed by atoms with Crippen molar-refractivity contribution >= 4 is 23.3 Å². The zero-order valence-corrected chi connectivity index (χ0v) is 13.6. The fourth-order valence-corrected chi connectivity index (χ4v) is 2.53. The number of ether oxygens (including phenoxy) is 1. The molecule has 0 atom stereocenters. The van der Waals surface area contributed by atoms with Crippen molar-refractivity contribution in [2.24, 2.45) is 0 Å². The van der Waals surface area contributed by atoms with Gasteiger partial charge < -0.3 is 4.74 Å². The van der Waals surface area contributed by atoms with E-state index in [0.717, 1.165) is 11.3 Å². The molecular formula is C18H11ClN4O2. The van der Waals surface area contributed by atoms with Gasteiger partial charge in [-0.05, 0) is 54.6 Å². The smallest absolute Gasteiger partial charge is 0.343 e. The van der Waals surface area contributed by atoms with Crippen LogP contribution in [0.3, 0.4) is 0 Å². The number of esters is 1. The average Bonchev–Trinajstić information content (AvgIpc) is 3.12. The van der Waals surface area contributed by atoms with E-state index in [0.29, 0.717) is 22.1 Å². The van der Waals surface area contributed by atoms with Crippen LogP contribution >= 0.6 is 11.6 Å². The van der Waals surface area contributed by atoms with Crippen molar-refractivity contribution in [1.29, 1.82) is 0 Å². The van der Waals surface area contributed by atoms with Gasteiger partial charge in [-0.1, -0.05) is 11.6 Å². The third-order valence-electron chi connectivity index (χ3n) is 3.62. The molecule has 0 saturated heterocycles. The molecule has 0 N–H and O–H groups in total. The topological polar surface area (TPSA) is 69.4 Å². The summed E-state index contributed by atoms with van der Waals surface area (Å²) >= 11 is 5.82. The van der Waals surface area contributed by atoms with E-state index >= 15 is 0 Å². The van der Waals surface area contributed by atoms with Crippen LogP contribution in [0.15, 0.2) is 67.1 Å². The SMILES string of the molecule is O=C(Oc1ccc(-c2ccnc3ncnn23)cc1)c1ccc(Cl)cc1. The molecular weight excluding hydrogens is 340 g/mol.